The van der Waals surface area contributed by atoms with Crippen molar-refractivity contribution in [1.29, 1.82) is 0 Å². The van der Waals surface area contributed by atoms with Crippen molar-refractivity contribution in [3.05, 3.63) is 53.6 Å². The molecule has 0 aromatic heterocycles. The van der Waals surface area contributed by atoms with Crippen LogP contribution in [0.4, 0.5) is 5.69 Å². The predicted octanol–water partition coefficient (Wildman–Crippen LogP) is 3.04. The number of amides is 1. The van der Waals surface area contributed by atoms with Crippen LogP contribution in [0.5, 0.6) is 11.5 Å². The van der Waals surface area contributed by atoms with E-state index < -0.39 is 22.0 Å². The maximum Gasteiger partial charge on any atom is 0.244 e. The normalized spacial score (nSPS) is 13.3. The topological polar surface area (TPSA) is 84.9 Å². The van der Waals surface area contributed by atoms with E-state index in [0.717, 1.165) is 21.7 Å². The lowest BCUT2D eigenvalue weighted by molar-refractivity contribution is -0.122. The molecule has 158 valence electrons. The fraction of sp³-hybridized carbons (Fsp3) is 0.381. The molecule has 2 aromatic carbocycles. The molecule has 1 amide bonds. The Balaban J connectivity index is 2.36. The monoisotopic (exact) mass is 420 g/mol. The number of hydrogen-bond donors (Lipinski definition) is 1. The molecule has 0 aliphatic carbocycles. The summed E-state index contributed by atoms with van der Waals surface area (Å²) in [5.74, 6) is 0.587. The van der Waals surface area contributed by atoms with Crippen LogP contribution < -0.4 is 19.1 Å². The van der Waals surface area contributed by atoms with Crippen molar-refractivity contribution in [1.82, 2.24) is 5.32 Å². The van der Waals surface area contributed by atoms with Crippen LogP contribution in [0, 0.1) is 6.92 Å². The number of rotatable bonds is 8. The Morgan fingerprint density at radius 2 is 1.66 bits per heavy atom. The number of sulfonamides is 1. The molecule has 0 spiro atoms. The summed E-state index contributed by atoms with van der Waals surface area (Å²) in [6.07, 6.45) is 1.07. The van der Waals surface area contributed by atoms with Gasteiger partial charge in [-0.1, -0.05) is 24.3 Å². The van der Waals surface area contributed by atoms with Gasteiger partial charge in [0.25, 0.3) is 0 Å². The highest BCUT2D eigenvalue weighted by molar-refractivity contribution is 7.92. The van der Waals surface area contributed by atoms with Crippen molar-refractivity contribution in [2.75, 3.05) is 24.8 Å². The summed E-state index contributed by atoms with van der Waals surface area (Å²) in [7, 11) is -0.735. The highest BCUT2D eigenvalue weighted by Crippen LogP contribution is 2.33. The van der Waals surface area contributed by atoms with E-state index in [1.54, 1.807) is 26.2 Å². The van der Waals surface area contributed by atoms with E-state index >= 15 is 0 Å². The third-order valence-corrected chi connectivity index (χ3v) is 5.85. The van der Waals surface area contributed by atoms with Crippen LogP contribution in [-0.4, -0.2) is 40.8 Å². The minimum absolute atomic E-state index is 0.322. The van der Waals surface area contributed by atoms with Gasteiger partial charge in [0, 0.05) is 5.56 Å². The molecule has 0 saturated carbocycles. The molecule has 2 rings (SSSR count). The number of ether oxygens (including phenoxy) is 2. The first-order chi connectivity index (χ1) is 13.6. The van der Waals surface area contributed by atoms with Crippen LogP contribution in [-0.2, 0) is 14.8 Å². The molecule has 0 fully saturated rings. The summed E-state index contributed by atoms with van der Waals surface area (Å²) in [6.45, 7) is 5.21. The lowest BCUT2D eigenvalue weighted by Gasteiger charge is -2.30. The third kappa shape index (κ3) is 5.20. The van der Waals surface area contributed by atoms with E-state index in [1.807, 2.05) is 44.2 Å². The maximum absolute atomic E-state index is 13.0. The summed E-state index contributed by atoms with van der Waals surface area (Å²) in [5, 5.41) is 2.88. The van der Waals surface area contributed by atoms with Crippen LogP contribution >= 0.6 is 0 Å². The molecule has 0 radical (unpaired) electrons. The molecule has 7 nitrogen and oxygen atoms in total. The Morgan fingerprint density at radius 1 is 1.03 bits per heavy atom. The molecule has 2 aromatic rings. The molecule has 8 heteroatoms. The van der Waals surface area contributed by atoms with Crippen molar-refractivity contribution < 1.29 is 22.7 Å². The van der Waals surface area contributed by atoms with Gasteiger partial charge in [0.2, 0.25) is 15.9 Å². The van der Waals surface area contributed by atoms with Crippen molar-refractivity contribution in [3.63, 3.8) is 0 Å². The fourth-order valence-electron chi connectivity index (χ4n) is 3.19. The molecule has 0 unspecified atom stereocenters. The van der Waals surface area contributed by atoms with Crippen molar-refractivity contribution in [2.45, 2.75) is 32.9 Å². The summed E-state index contributed by atoms with van der Waals surface area (Å²) >= 11 is 0. The highest BCUT2D eigenvalue weighted by Gasteiger charge is 2.32. The second kappa shape index (κ2) is 9.17. The van der Waals surface area contributed by atoms with Crippen LogP contribution in [0.25, 0.3) is 0 Å². The number of aryl methyl sites for hydroxylation is 1. The second-order valence-corrected chi connectivity index (χ2v) is 8.74. The number of nitrogens with zero attached hydrogens (tertiary/aromatic N) is 1. The second-order valence-electron chi connectivity index (χ2n) is 6.88. The van der Waals surface area contributed by atoms with Gasteiger partial charge in [-0.05, 0) is 44.5 Å². The fourth-order valence-corrected chi connectivity index (χ4v) is 4.36. The zero-order valence-corrected chi connectivity index (χ0v) is 18.4. The molecule has 2 atom stereocenters. The number of methoxy groups -OCH3 is 2. The number of para-hydroxylation sites is 1. The highest BCUT2D eigenvalue weighted by atomic mass is 32.2. The Hall–Kier alpha value is -2.74. The minimum Gasteiger partial charge on any atom is -0.496 e. The summed E-state index contributed by atoms with van der Waals surface area (Å²) in [6, 6.07) is 11.2. The first kappa shape index (κ1) is 22.5. The van der Waals surface area contributed by atoms with Gasteiger partial charge in [0.05, 0.1) is 32.2 Å². The number of carbonyl (C=O) groups is 1. The minimum atomic E-state index is -3.76. The molecule has 0 heterocycles. The third-order valence-electron chi connectivity index (χ3n) is 4.62. The molecular weight excluding hydrogens is 392 g/mol. The zero-order chi connectivity index (χ0) is 21.8. The lowest BCUT2D eigenvalue weighted by atomic mass is 10.1. The van der Waals surface area contributed by atoms with E-state index in [0.29, 0.717) is 17.2 Å². The number of nitrogens with one attached hydrogen (secondary N) is 1. The van der Waals surface area contributed by atoms with E-state index in [9.17, 15) is 13.2 Å². The number of benzene rings is 2. The number of anilines is 1. The molecular formula is C21H28N2O5S. The van der Waals surface area contributed by atoms with E-state index in [-0.39, 0.29) is 6.04 Å². The van der Waals surface area contributed by atoms with E-state index in [4.69, 9.17) is 9.47 Å². The predicted molar refractivity (Wildman–Crippen MR) is 114 cm³/mol. The van der Waals surface area contributed by atoms with Gasteiger partial charge in [0.15, 0.2) is 0 Å². The first-order valence-corrected chi connectivity index (χ1v) is 11.0. The van der Waals surface area contributed by atoms with Gasteiger partial charge in [-0.15, -0.1) is 0 Å². The smallest absolute Gasteiger partial charge is 0.244 e. The Bertz CT molecular complexity index is 975. The Labute approximate surface area is 172 Å². The van der Waals surface area contributed by atoms with Gasteiger partial charge < -0.3 is 14.8 Å². The van der Waals surface area contributed by atoms with Gasteiger partial charge in [-0.3, -0.25) is 9.10 Å². The number of carbonyl (C=O) groups excluding carboxylic acids is 1. The van der Waals surface area contributed by atoms with Gasteiger partial charge in [-0.25, -0.2) is 8.42 Å². The lowest BCUT2D eigenvalue weighted by Crippen LogP contribution is -2.48. The Morgan fingerprint density at radius 3 is 2.24 bits per heavy atom. The molecule has 0 saturated heterocycles. The summed E-state index contributed by atoms with van der Waals surface area (Å²) in [5.41, 5.74) is 1.97. The zero-order valence-electron chi connectivity index (χ0n) is 17.6. The first-order valence-electron chi connectivity index (χ1n) is 9.17. The average Bonchev–Trinajstić information content (AvgIpc) is 2.67. The van der Waals surface area contributed by atoms with E-state index in [2.05, 4.69) is 5.32 Å². The van der Waals surface area contributed by atoms with Crippen LogP contribution in [0.3, 0.4) is 0 Å². The Kier molecular flexibility index (Phi) is 7.13. The van der Waals surface area contributed by atoms with Crippen LogP contribution in [0.2, 0.25) is 0 Å². The maximum atomic E-state index is 13.0. The van der Waals surface area contributed by atoms with E-state index in [1.165, 1.54) is 7.11 Å². The van der Waals surface area contributed by atoms with Gasteiger partial charge in [-0.2, -0.15) is 0 Å². The SMILES string of the molecule is COc1ccccc1[C@@H](C)NC(=O)[C@H](C)N(c1cc(C)ccc1OC)S(C)(=O)=O. The average molecular weight is 421 g/mol. The molecule has 29 heavy (non-hydrogen) atoms. The van der Waals surface area contributed by atoms with Crippen molar-refractivity contribution >= 4 is 21.6 Å². The summed E-state index contributed by atoms with van der Waals surface area (Å²) < 4.78 is 36.9. The van der Waals surface area contributed by atoms with Gasteiger partial charge >= 0.3 is 0 Å². The molecule has 0 aliphatic rings. The quantitative estimate of drug-likeness (QED) is 0.710. The standard InChI is InChI=1S/C21H28N2O5S/c1-14-11-12-20(28-5)18(13-14)23(29(6,25)26)16(3)21(24)22-15(2)17-9-7-8-10-19(17)27-4/h7-13,15-16H,1-6H3,(H,22,24)/t15-,16+/m1/s1. The largest absolute Gasteiger partial charge is 0.496 e. The van der Waals surface area contributed by atoms with Crippen LogP contribution in [0.15, 0.2) is 42.5 Å². The van der Waals surface area contributed by atoms with Crippen molar-refractivity contribution in [3.8, 4) is 11.5 Å². The van der Waals surface area contributed by atoms with Crippen LogP contribution in [0.1, 0.15) is 31.0 Å². The van der Waals surface area contributed by atoms with Gasteiger partial charge in [0.1, 0.15) is 17.5 Å². The molecule has 1 N–H and O–H groups in total. The number of hydrogen-bond acceptors (Lipinski definition) is 5. The summed E-state index contributed by atoms with van der Waals surface area (Å²) in [4.78, 5) is 13.0. The van der Waals surface area contributed by atoms with Crippen molar-refractivity contribution in [2.24, 2.45) is 0 Å². The molecule has 0 bridgehead atoms. The molecule has 0 aliphatic heterocycles.